The third-order valence-electron chi connectivity index (χ3n) is 20.4. The summed E-state index contributed by atoms with van der Waals surface area (Å²) in [7, 11) is 2.05. The molecule has 5 aliphatic heterocycles. The molecule has 4 aromatic rings. The summed E-state index contributed by atoms with van der Waals surface area (Å²) in [6.45, 7) is 10.9. The summed E-state index contributed by atoms with van der Waals surface area (Å²) in [5.74, 6) is 1.34. The Hall–Kier alpha value is -5.70. The normalized spacial score (nSPS) is 30.0. The molecule has 11 atom stereocenters. The Morgan fingerprint density at radius 2 is 1.70 bits per heavy atom. The molecule has 0 radical (unpaired) electrons. The smallest absolute Gasteiger partial charge is 0.340 e. The predicted molar refractivity (Wildman–Crippen MR) is 321 cm³/mol. The van der Waals surface area contributed by atoms with E-state index >= 15 is 9.59 Å². The first-order valence-corrected chi connectivity index (χ1v) is 31.1. The van der Waals surface area contributed by atoms with Crippen molar-refractivity contribution in [2.24, 2.45) is 52.3 Å². The van der Waals surface area contributed by atoms with Crippen LogP contribution in [-0.4, -0.2) is 79.4 Å². The lowest BCUT2D eigenvalue weighted by Crippen LogP contribution is -2.52. The van der Waals surface area contributed by atoms with Crippen molar-refractivity contribution in [3.05, 3.63) is 165 Å². The number of phenolic OH excluding ortho intramolecular Hbond substituents is 1. The lowest BCUT2D eigenvalue weighted by Gasteiger charge is -2.56. The Kier molecular flexibility index (Phi) is 16.7. The minimum Gasteiger partial charge on any atom is -0.508 e. The minimum absolute atomic E-state index is 0.00715. The molecule has 82 heavy (non-hydrogen) atoms. The van der Waals surface area contributed by atoms with Crippen molar-refractivity contribution in [2.75, 3.05) is 39.8 Å². The number of cyclic esters (lactones) is 1. The highest BCUT2D eigenvalue weighted by Crippen LogP contribution is 2.72. The zero-order valence-corrected chi connectivity index (χ0v) is 48.7. The van der Waals surface area contributed by atoms with Crippen molar-refractivity contribution >= 4 is 17.5 Å². The van der Waals surface area contributed by atoms with Gasteiger partial charge in [0.05, 0.1) is 23.3 Å². The number of piperidine rings is 1. The molecule has 2 saturated carbocycles. The minimum atomic E-state index is -0.973. The quantitative estimate of drug-likeness (QED) is 0.0563. The summed E-state index contributed by atoms with van der Waals surface area (Å²) in [6, 6.07) is 31.7. The Morgan fingerprint density at radius 3 is 2.51 bits per heavy atom. The number of esters is 2. The van der Waals surface area contributed by atoms with E-state index in [-0.39, 0.29) is 59.6 Å². The van der Waals surface area contributed by atoms with Gasteiger partial charge in [0.25, 0.3) is 0 Å². The number of benzene rings is 4. The standard InChI is InChI=1S/C70H87N5O7/c1-42(2)38-73-41-48-30-45-20-26-72-40-47-11-8-12-49(32-47)54-14-13-53(78)36-58(54)62-55-18-25-70(60(82-68(80)65(62)70)34-46(22-28-76)29-44-9-6-5-7-10-44)64-56(55)15-16-57-59(81-67(79)63(57)64)19-24-69(52-21-27-74-61(35-52)71-4)23-17-50(37-69)66(51(31-45)33-48)75-39-43(3)77/h5-14,19,30-34,36,42-43,46,50,52,55-56,61,64,66,71-78H,15-18,20-29,35,37-41H2,1-4H3. The molecule has 5 heterocycles. The van der Waals surface area contributed by atoms with Gasteiger partial charge in [-0.15, -0.1) is 0 Å². The maximum atomic E-state index is 15.3. The maximum absolute atomic E-state index is 15.3. The first kappa shape index (κ1) is 56.8. The fourth-order valence-electron chi connectivity index (χ4n) is 16.8. The first-order chi connectivity index (χ1) is 39.8. The van der Waals surface area contributed by atoms with E-state index in [4.69, 9.17) is 9.47 Å². The van der Waals surface area contributed by atoms with Gasteiger partial charge >= 0.3 is 11.9 Å². The van der Waals surface area contributed by atoms with Gasteiger partial charge in [0.1, 0.15) is 17.3 Å². The fourth-order valence-corrected chi connectivity index (χ4v) is 16.8. The van der Waals surface area contributed by atoms with Crippen LogP contribution in [0.2, 0.25) is 0 Å². The summed E-state index contributed by atoms with van der Waals surface area (Å²) >= 11 is 0. The number of nitrogens with one attached hydrogen (secondary N) is 5. The number of carbonyl (C=O) groups is 2. The molecule has 12 heteroatoms. The lowest BCUT2D eigenvalue weighted by atomic mass is 9.44. The molecule has 4 aromatic carbocycles. The topological polar surface area (TPSA) is 173 Å². The molecule has 5 aliphatic carbocycles. The third kappa shape index (κ3) is 11.0. The predicted octanol–water partition coefficient (Wildman–Crippen LogP) is 10.5. The number of hydrogen-bond acceptors (Lipinski definition) is 12. The highest BCUT2D eigenvalue weighted by Gasteiger charge is 2.69. The van der Waals surface area contributed by atoms with Crippen LogP contribution in [-0.2, 0) is 45.0 Å². The average Bonchev–Trinajstić information content (AvgIpc) is 1.89. The lowest BCUT2D eigenvalue weighted by molar-refractivity contribution is -0.135. The van der Waals surface area contributed by atoms with Crippen LogP contribution in [0.1, 0.15) is 131 Å². The highest BCUT2D eigenvalue weighted by molar-refractivity contribution is 6.07. The second-order valence-corrected chi connectivity index (χ2v) is 26.1. The molecular formula is C70H87N5O7. The molecule has 14 bridgehead atoms. The summed E-state index contributed by atoms with van der Waals surface area (Å²) in [5, 5.41) is 51.8. The molecule has 2 saturated heterocycles. The van der Waals surface area contributed by atoms with Gasteiger partial charge in [-0.1, -0.05) is 86.6 Å². The molecule has 12 nitrogen and oxygen atoms in total. The first-order valence-electron chi connectivity index (χ1n) is 31.1. The Bertz CT molecular complexity index is 3160. The SMILES string of the molecule is CNC1CC(C23CC=C4OC(=O)C5=C4CCC4C6CCC7(C(=CC(CCO)Cc8ccccc8)OC(=O)C7=C6c6cc(O)ccc6-c6cccc(c6)CNCCc6cc(CNCC(C)C)cc(c6)C(NCC(C)O)C(CC2)C3)C54)CCN1. The number of aromatic hydroxyl groups is 1. The van der Waals surface area contributed by atoms with Crippen molar-refractivity contribution in [2.45, 2.75) is 136 Å². The number of allylic oxidation sites excluding steroid dienone is 5. The van der Waals surface area contributed by atoms with Gasteiger partial charge in [0.15, 0.2) is 0 Å². The molecule has 8 N–H and O–H groups in total. The van der Waals surface area contributed by atoms with E-state index in [0.29, 0.717) is 79.2 Å². The fraction of sp³-hybridized carbons (Fsp3) is 0.514. The molecule has 14 rings (SSSR count). The number of rotatable bonds is 14. The van der Waals surface area contributed by atoms with Gasteiger partial charge in [-0.2, -0.15) is 0 Å². The van der Waals surface area contributed by atoms with E-state index in [0.717, 1.165) is 123 Å². The van der Waals surface area contributed by atoms with Gasteiger partial charge in [-0.25, -0.2) is 9.59 Å². The average molecular weight is 1110 g/mol. The van der Waals surface area contributed by atoms with Crippen molar-refractivity contribution in [3.8, 4) is 16.9 Å². The second kappa shape index (κ2) is 24.1. The molecule has 0 aromatic heterocycles. The summed E-state index contributed by atoms with van der Waals surface area (Å²) in [6.07, 6.45) is 14.9. The summed E-state index contributed by atoms with van der Waals surface area (Å²) in [5.41, 5.74) is 11.0. The largest absolute Gasteiger partial charge is 0.508 e. The second-order valence-electron chi connectivity index (χ2n) is 26.1. The van der Waals surface area contributed by atoms with E-state index in [9.17, 15) is 15.3 Å². The number of hydrogen-bond donors (Lipinski definition) is 8. The zero-order chi connectivity index (χ0) is 56.7. The monoisotopic (exact) mass is 1110 g/mol. The number of carbonyl (C=O) groups excluding carboxylic acids is 2. The molecule has 0 amide bonds. The Morgan fingerprint density at radius 1 is 0.829 bits per heavy atom. The summed E-state index contributed by atoms with van der Waals surface area (Å²) in [4.78, 5) is 30.6. The van der Waals surface area contributed by atoms with E-state index in [1.165, 1.54) is 16.7 Å². The number of aliphatic hydroxyl groups is 2. The number of ether oxygens (including phenoxy) is 2. The van der Waals surface area contributed by atoms with E-state index in [1.54, 1.807) is 6.07 Å². The Labute approximate surface area is 485 Å². The van der Waals surface area contributed by atoms with E-state index in [1.807, 2.05) is 37.3 Å². The number of aliphatic hydroxyl groups excluding tert-OH is 2. The van der Waals surface area contributed by atoms with Crippen molar-refractivity contribution in [3.63, 3.8) is 0 Å². The molecule has 10 aliphatic rings. The van der Waals surface area contributed by atoms with Crippen LogP contribution in [0.3, 0.4) is 0 Å². The molecule has 11 unspecified atom stereocenters. The van der Waals surface area contributed by atoms with Gasteiger partial charge < -0.3 is 51.4 Å². The van der Waals surface area contributed by atoms with Crippen LogP contribution < -0.4 is 26.6 Å². The van der Waals surface area contributed by atoms with Crippen molar-refractivity contribution < 1.29 is 34.4 Å². The van der Waals surface area contributed by atoms with Gasteiger partial charge in [0.2, 0.25) is 0 Å². The van der Waals surface area contributed by atoms with Gasteiger partial charge in [0, 0.05) is 49.3 Å². The van der Waals surface area contributed by atoms with Crippen LogP contribution in [0.4, 0.5) is 0 Å². The maximum Gasteiger partial charge on any atom is 0.340 e. The van der Waals surface area contributed by atoms with Crippen molar-refractivity contribution in [1.82, 2.24) is 26.6 Å². The molecular weight excluding hydrogens is 1020 g/mol. The Balaban J connectivity index is 1.02. The molecule has 1 spiro atoms. The molecule has 4 fully saturated rings. The number of phenols is 1. The van der Waals surface area contributed by atoms with Crippen LogP contribution in [0.5, 0.6) is 5.75 Å². The van der Waals surface area contributed by atoms with E-state index < -0.39 is 17.5 Å². The van der Waals surface area contributed by atoms with Gasteiger partial charge in [-0.05, 0) is 238 Å². The van der Waals surface area contributed by atoms with E-state index in [2.05, 4.69) is 114 Å². The van der Waals surface area contributed by atoms with Crippen LogP contribution in [0, 0.1) is 52.3 Å². The summed E-state index contributed by atoms with van der Waals surface area (Å²) < 4.78 is 13.4. The molecule has 434 valence electrons. The zero-order valence-electron chi connectivity index (χ0n) is 48.7. The number of fused-ring (bicyclic) bond motifs is 5. The van der Waals surface area contributed by atoms with Crippen LogP contribution in [0.15, 0.2) is 131 Å². The highest BCUT2D eigenvalue weighted by atomic mass is 16.6. The van der Waals surface area contributed by atoms with Gasteiger partial charge in [-0.3, -0.25) is 0 Å². The third-order valence-corrected chi connectivity index (χ3v) is 20.4. The van der Waals surface area contributed by atoms with Crippen LogP contribution in [0.25, 0.3) is 16.7 Å². The van der Waals surface area contributed by atoms with Crippen molar-refractivity contribution in [1.29, 1.82) is 0 Å². The van der Waals surface area contributed by atoms with Crippen LogP contribution >= 0.6 is 0 Å².